The molecule has 0 unspecified atom stereocenters. The number of hydrogen-bond acceptors (Lipinski definition) is 3. The highest BCUT2D eigenvalue weighted by molar-refractivity contribution is 5.79. The summed E-state index contributed by atoms with van der Waals surface area (Å²) < 4.78 is 0. The van der Waals surface area contributed by atoms with E-state index in [1.54, 1.807) is 0 Å². The summed E-state index contributed by atoms with van der Waals surface area (Å²) in [4.78, 5) is 14.0. The molecule has 0 atom stereocenters. The molecule has 0 bridgehead atoms. The Morgan fingerprint density at radius 3 is 2.56 bits per heavy atom. The standard InChI is InChI=1S/C12H23N3O/c1-12(5-2-6-12)14-11(16)9-15-7-3-10(13)4-8-15/h10H,2-9,13H2,1H3,(H,14,16). The summed E-state index contributed by atoms with van der Waals surface area (Å²) in [6.07, 6.45) is 5.54. The van der Waals surface area contributed by atoms with E-state index in [0.717, 1.165) is 38.8 Å². The molecule has 1 saturated heterocycles. The van der Waals surface area contributed by atoms with Crippen LogP contribution < -0.4 is 11.1 Å². The molecule has 92 valence electrons. The number of amides is 1. The highest BCUT2D eigenvalue weighted by Crippen LogP contribution is 2.30. The second-order valence-electron chi connectivity index (χ2n) is 5.58. The maximum Gasteiger partial charge on any atom is 0.234 e. The normalized spacial score (nSPS) is 26.1. The average molecular weight is 225 g/mol. The molecule has 0 spiro atoms. The van der Waals surface area contributed by atoms with Crippen molar-refractivity contribution < 1.29 is 4.79 Å². The second-order valence-corrected chi connectivity index (χ2v) is 5.58. The van der Waals surface area contributed by atoms with Crippen LogP contribution in [-0.4, -0.2) is 42.0 Å². The Kier molecular flexibility index (Phi) is 3.50. The molecule has 1 amide bonds. The van der Waals surface area contributed by atoms with Gasteiger partial charge in [0.05, 0.1) is 6.54 Å². The number of likely N-dealkylation sites (tertiary alicyclic amines) is 1. The Hall–Kier alpha value is -0.610. The number of hydrogen-bond donors (Lipinski definition) is 2. The van der Waals surface area contributed by atoms with E-state index in [0.29, 0.717) is 12.6 Å². The van der Waals surface area contributed by atoms with E-state index in [9.17, 15) is 4.79 Å². The minimum Gasteiger partial charge on any atom is -0.350 e. The fraction of sp³-hybridized carbons (Fsp3) is 0.917. The van der Waals surface area contributed by atoms with Crippen molar-refractivity contribution in [3.63, 3.8) is 0 Å². The van der Waals surface area contributed by atoms with Crippen molar-refractivity contribution in [3.8, 4) is 0 Å². The highest BCUT2D eigenvalue weighted by Gasteiger charge is 2.33. The van der Waals surface area contributed by atoms with Crippen molar-refractivity contribution in [1.82, 2.24) is 10.2 Å². The largest absolute Gasteiger partial charge is 0.350 e. The molecule has 1 saturated carbocycles. The molecule has 4 nitrogen and oxygen atoms in total. The van der Waals surface area contributed by atoms with Gasteiger partial charge in [0.2, 0.25) is 5.91 Å². The van der Waals surface area contributed by atoms with Gasteiger partial charge in [-0.05, 0) is 39.0 Å². The third-order valence-electron chi connectivity index (χ3n) is 3.90. The number of piperidine rings is 1. The SMILES string of the molecule is CC1(NC(=O)CN2CCC(N)CC2)CCC1. The molecule has 2 aliphatic rings. The molecule has 0 aromatic heterocycles. The van der Waals surface area contributed by atoms with Gasteiger partial charge < -0.3 is 11.1 Å². The van der Waals surface area contributed by atoms with Gasteiger partial charge in [-0.25, -0.2) is 0 Å². The van der Waals surface area contributed by atoms with Crippen molar-refractivity contribution in [2.75, 3.05) is 19.6 Å². The van der Waals surface area contributed by atoms with Gasteiger partial charge in [0.1, 0.15) is 0 Å². The van der Waals surface area contributed by atoms with E-state index in [1.807, 2.05) is 0 Å². The quantitative estimate of drug-likeness (QED) is 0.734. The minimum absolute atomic E-state index is 0.0866. The summed E-state index contributed by atoms with van der Waals surface area (Å²) in [6.45, 7) is 4.61. The lowest BCUT2D eigenvalue weighted by Crippen LogP contribution is -2.54. The van der Waals surface area contributed by atoms with Crippen molar-refractivity contribution in [1.29, 1.82) is 0 Å². The molecular weight excluding hydrogens is 202 g/mol. The third kappa shape index (κ3) is 2.95. The van der Waals surface area contributed by atoms with Crippen LogP contribution in [0.2, 0.25) is 0 Å². The summed E-state index contributed by atoms with van der Waals surface area (Å²) in [5.41, 5.74) is 5.92. The maximum absolute atomic E-state index is 11.8. The highest BCUT2D eigenvalue weighted by atomic mass is 16.2. The van der Waals surface area contributed by atoms with Gasteiger partial charge in [-0.1, -0.05) is 0 Å². The monoisotopic (exact) mass is 225 g/mol. The molecule has 1 aliphatic carbocycles. The smallest absolute Gasteiger partial charge is 0.234 e. The zero-order chi connectivity index (χ0) is 11.6. The molecule has 16 heavy (non-hydrogen) atoms. The van der Waals surface area contributed by atoms with Crippen LogP contribution in [0.15, 0.2) is 0 Å². The van der Waals surface area contributed by atoms with Crippen molar-refractivity contribution in [2.45, 2.75) is 50.6 Å². The van der Waals surface area contributed by atoms with E-state index in [1.165, 1.54) is 6.42 Å². The van der Waals surface area contributed by atoms with E-state index >= 15 is 0 Å². The van der Waals surface area contributed by atoms with Crippen LogP contribution in [0, 0.1) is 0 Å². The predicted molar refractivity (Wildman–Crippen MR) is 64.0 cm³/mol. The Morgan fingerprint density at radius 1 is 1.44 bits per heavy atom. The van der Waals surface area contributed by atoms with Gasteiger partial charge in [-0.15, -0.1) is 0 Å². The molecule has 0 aromatic carbocycles. The van der Waals surface area contributed by atoms with Crippen molar-refractivity contribution in [3.05, 3.63) is 0 Å². The van der Waals surface area contributed by atoms with Gasteiger partial charge in [0.25, 0.3) is 0 Å². The first-order chi connectivity index (χ1) is 7.57. The lowest BCUT2D eigenvalue weighted by Gasteiger charge is -2.40. The van der Waals surface area contributed by atoms with Gasteiger partial charge in [-0.3, -0.25) is 9.69 Å². The van der Waals surface area contributed by atoms with Crippen molar-refractivity contribution >= 4 is 5.91 Å². The second kappa shape index (κ2) is 4.72. The Morgan fingerprint density at radius 2 is 2.06 bits per heavy atom. The first-order valence-electron chi connectivity index (χ1n) is 6.36. The fourth-order valence-electron chi connectivity index (χ4n) is 2.52. The summed E-state index contributed by atoms with van der Waals surface area (Å²) in [6, 6.07) is 0.337. The summed E-state index contributed by atoms with van der Waals surface area (Å²) in [5, 5.41) is 3.14. The van der Waals surface area contributed by atoms with Crippen LogP contribution in [0.4, 0.5) is 0 Å². The van der Waals surface area contributed by atoms with Crippen LogP contribution in [0.3, 0.4) is 0 Å². The van der Waals surface area contributed by atoms with Gasteiger partial charge in [0, 0.05) is 24.7 Å². The molecule has 2 rings (SSSR count). The summed E-state index contributed by atoms with van der Waals surface area (Å²) >= 11 is 0. The van der Waals surface area contributed by atoms with Crippen LogP contribution in [0.25, 0.3) is 0 Å². The van der Waals surface area contributed by atoms with Crippen LogP contribution in [0.1, 0.15) is 39.0 Å². The molecule has 4 heteroatoms. The van der Waals surface area contributed by atoms with Gasteiger partial charge in [0.15, 0.2) is 0 Å². The zero-order valence-electron chi connectivity index (χ0n) is 10.2. The van der Waals surface area contributed by atoms with Crippen LogP contribution >= 0.6 is 0 Å². The summed E-state index contributed by atoms with van der Waals surface area (Å²) in [5.74, 6) is 0.178. The molecule has 1 aliphatic heterocycles. The fourth-order valence-corrected chi connectivity index (χ4v) is 2.52. The topological polar surface area (TPSA) is 58.4 Å². The van der Waals surface area contributed by atoms with Gasteiger partial charge in [-0.2, -0.15) is 0 Å². The predicted octanol–water partition coefficient (Wildman–Crippen LogP) is 0.468. The van der Waals surface area contributed by atoms with E-state index in [-0.39, 0.29) is 11.4 Å². The molecule has 2 fully saturated rings. The first-order valence-corrected chi connectivity index (χ1v) is 6.36. The number of carbonyl (C=O) groups is 1. The lowest BCUT2D eigenvalue weighted by molar-refractivity contribution is -0.125. The minimum atomic E-state index is 0.0866. The Bertz CT molecular complexity index is 255. The van der Waals surface area contributed by atoms with E-state index in [4.69, 9.17) is 5.73 Å². The molecular formula is C12H23N3O. The molecule has 0 radical (unpaired) electrons. The number of rotatable bonds is 3. The van der Waals surface area contributed by atoms with Crippen LogP contribution in [-0.2, 0) is 4.79 Å². The number of carbonyl (C=O) groups excluding carboxylic acids is 1. The number of nitrogens with two attached hydrogens (primary N) is 1. The Labute approximate surface area is 97.6 Å². The third-order valence-corrected chi connectivity index (χ3v) is 3.90. The molecule has 1 heterocycles. The van der Waals surface area contributed by atoms with Crippen molar-refractivity contribution in [2.24, 2.45) is 5.73 Å². The first kappa shape index (κ1) is 11.9. The Balaban J connectivity index is 1.70. The molecule has 0 aromatic rings. The summed E-state index contributed by atoms with van der Waals surface area (Å²) in [7, 11) is 0. The van der Waals surface area contributed by atoms with Crippen LogP contribution in [0.5, 0.6) is 0 Å². The van der Waals surface area contributed by atoms with Gasteiger partial charge >= 0.3 is 0 Å². The maximum atomic E-state index is 11.8. The lowest BCUT2D eigenvalue weighted by atomic mass is 9.78. The van der Waals surface area contributed by atoms with E-state index < -0.39 is 0 Å². The number of nitrogens with zero attached hydrogens (tertiary/aromatic N) is 1. The van der Waals surface area contributed by atoms with E-state index in [2.05, 4.69) is 17.1 Å². The zero-order valence-corrected chi connectivity index (χ0v) is 10.2. The number of nitrogens with one attached hydrogen (secondary N) is 1. The average Bonchev–Trinajstić information content (AvgIpc) is 2.19. The molecule has 3 N–H and O–H groups in total.